The van der Waals surface area contributed by atoms with Crippen molar-refractivity contribution in [2.75, 3.05) is 18.0 Å². The Bertz CT molecular complexity index is 360. The molecule has 2 rings (SSSR count). The van der Waals surface area contributed by atoms with Gasteiger partial charge in [-0.2, -0.15) is 0 Å². The van der Waals surface area contributed by atoms with E-state index in [1.807, 2.05) is 13.0 Å². The van der Waals surface area contributed by atoms with Crippen LogP contribution >= 0.6 is 0 Å². The molecule has 0 fully saturated rings. The molecule has 82 valence electrons. The topological polar surface area (TPSA) is 23.5 Å². The molecule has 1 N–H and O–H groups in total. The molecule has 2 heteroatoms. The Morgan fingerprint density at radius 2 is 2.27 bits per heavy atom. The van der Waals surface area contributed by atoms with Crippen LogP contribution in [0.1, 0.15) is 43.9 Å². The van der Waals surface area contributed by atoms with Gasteiger partial charge in [0.25, 0.3) is 0 Å². The third kappa shape index (κ3) is 1.63. The van der Waals surface area contributed by atoms with E-state index in [0.29, 0.717) is 5.92 Å². The molecular formula is C13H19NO. The molecule has 2 unspecified atom stereocenters. The average Bonchev–Trinajstić information content (AvgIpc) is 2.55. The molecule has 1 aliphatic heterocycles. The Labute approximate surface area is 91.5 Å². The lowest BCUT2D eigenvalue weighted by molar-refractivity contribution is 0.199. The lowest BCUT2D eigenvalue weighted by Gasteiger charge is -2.21. The van der Waals surface area contributed by atoms with Crippen LogP contribution in [0.4, 0.5) is 5.69 Å². The monoisotopic (exact) mass is 205 g/mol. The van der Waals surface area contributed by atoms with Crippen molar-refractivity contribution in [2.45, 2.75) is 32.8 Å². The molecule has 1 aromatic carbocycles. The number of rotatable bonds is 2. The highest BCUT2D eigenvalue weighted by Gasteiger charge is 2.27. The van der Waals surface area contributed by atoms with E-state index < -0.39 is 0 Å². The van der Waals surface area contributed by atoms with Gasteiger partial charge in [-0.25, -0.2) is 0 Å². The third-order valence-electron chi connectivity index (χ3n) is 3.27. The zero-order valence-corrected chi connectivity index (χ0v) is 9.70. The molecule has 0 saturated heterocycles. The molecule has 0 radical (unpaired) electrons. The normalized spacial score (nSPS) is 21.6. The van der Waals surface area contributed by atoms with Gasteiger partial charge < -0.3 is 10.0 Å². The minimum atomic E-state index is -0.376. The van der Waals surface area contributed by atoms with Crippen molar-refractivity contribution in [3.05, 3.63) is 29.3 Å². The highest BCUT2D eigenvalue weighted by molar-refractivity contribution is 5.65. The zero-order valence-electron chi connectivity index (χ0n) is 9.70. The summed E-state index contributed by atoms with van der Waals surface area (Å²) in [4.78, 5) is 2.36. The maximum atomic E-state index is 9.76. The van der Waals surface area contributed by atoms with Gasteiger partial charge >= 0.3 is 0 Å². The smallest absolute Gasteiger partial charge is 0.0782 e. The van der Waals surface area contributed by atoms with E-state index in [1.165, 1.54) is 11.3 Å². The molecule has 15 heavy (non-hydrogen) atoms. The second-order valence-electron chi connectivity index (χ2n) is 4.40. The van der Waals surface area contributed by atoms with Crippen LogP contribution in [0.25, 0.3) is 0 Å². The van der Waals surface area contributed by atoms with Gasteiger partial charge in [0.15, 0.2) is 0 Å². The van der Waals surface area contributed by atoms with Gasteiger partial charge in [-0.1, -0.05) is 25.1 Å². The summed E-state index contributed by atoms with van der Waals surface area (Å²) in [5, 5.41) is 9.76. The van der Waals surface area contributed by atoms with Crippen molar-refractivity contribution < 1.29 is 5.11 Å². The van der Waals surface area contributed by atoms with Gasteiger partial charge in [-0.3, -0.25) is 0 Å². The maximum Gasteiger partial charge on any atom is 0.0782 e. The fourth-order valence-corrected chi connectivity index (χ4v) is 2.49. The Balaban J connectivity index is 2.53. The molecule has 0 saturated carbocycles. The van der Waals surface area contributed by atoms with E-state index in [1.54, 1.807) is 0 Å². The number of likely N-dealkylation sites (N-methyl/N-ethyl adjacent to an activating group) is 1. The molecule has 0 bridgehead atoms. The third-order valence-corrected chi connectivity index (χ3v) is 3.27. The summed E-state index contributed by atoms with van der Waals surface area (Å²) in [6, 6.07) is 6.27. The van der Waals surface area contributed by atoms with Gasteiger partial charge in [0.2, 0.25) is 0 Å². The summed E-state index contributed by atoms with van der Waals surface area (Å²) < 4.78 is 0. The van der Waals surface area contributed by atoms with Crippen molar-refractivity contribution >= 4 is 5.69 Å². The number of aliphatic hydroxyl groups excluding tert-OH is 1. The van der Waals surface area contributed by atoms with Crippen LogP contribution in [0, 0.1) is 0 Å². The Hall–Kier alpha value is -1.02. The Morgan fingerprint density at radius 1 is 1.53 bits per heavy atom. The fourth-order valence-electron chi connectivity index (χ4n) is 2.49. The van der Waals surface area contributed by atoms with Crippen LogP contribution in [0.5, 0.6) is 0 Å². The van der Waals surface area contributed by atoms with Crippen LogP contribution in [-0.2, 0) is 0 Å². The first-order chi connectivity index (χ1) is 7.15. The van der Waals surface area contributed by atoms with Gasteiger partial charge in [0, 0.05) is 30.3 Å². The summed E-state index contributed by atoms with van der Waals surface area (Å²) in [5.74, 6) is 0.582. The Morgan fingerprint density at radius 3 is 2.87 bits per heavy atom. The van der Waals surface area contributed by atoms with Crippen LogP contribution < -0.4 is 4.90 Å². The quantitative estimate of drug-likeness (QED) is 0.802. The second kappa shape index (κ2) is 3.86. The average molecular weight is 205 g/mol. The van der Waals surface area contributed by atoms with E-state index in [0.717, 1.165) is 18.7 Å². The SMILES string of the molecule is CCN1CC(C)c2cccc(C(C)O)c21. The van der Waals surface area contributed by atoms with E-state index in [2.05, 4.69) is 30.9 Å². The summed E-state index contributed by atoms with van der Waals surface area (Å²) in [6.45, 7) is 8.35. The molecule has 1 aromatic rings. The number of hydrogen-bond acceptors (Lipinski definition) is 2. The van der Waals surface area contributed by atoms with Crippen LogP contribution in [-0.4, -0.2) is 18.2 Å². The number of hydrogen-bond donors (Lipinski definition) is 1. The molecule has 2 nitrogen and oxygen atoms in total. The van der Waals surface area contributed by atoms with Gasteiger partial charge in [0.1, 0.15) is 0 Å². The molecule has 1 heterocycles. The largest absolute Gasteiger partial charge is 0.389 e. The summed E-state index contributed by atoms with van der Waals surface area (Å²) in [6.07, 6.45) is -0.376. The van der Waals surface area contributed by atoms with Gasteiger partial charge in [-0.15, -0.1) is 0 Å². The van der Waals surface area contributed by atoms with Crippen LogP contribution in [0.2, 0.25) is 0 Å². The van der Waals surface area contributed by atoms with Gasteiger partial charge in [-0.05, 0) is 19.4 Å². The van der Waals surface area contributed by atoms with Crippen molar-refractivity contribution in [2.24, 2.45) is 0 Å². The van der Waals surface area contributed by atoms with Crippen molar-refractivity contribution in [3.8, 4) is 0 Å². The Kier molecular flexibility index (Phi) is 2.70. The van der Waals surface area contributed by atoms with E-state index in [9.17, 15) is 5.11 Å². The number of para-hydroxylation sites is 1. The minimum absolute atomic E-state index is 0.376. The first-order valence-electron chi connectivity index (χ1n) is 5.71. The number of fused-ring (bicyclic) bond motifs is 1. The van der Waals surface area contributed by atoms with E-state index in [4.69, 9.17) is 0 Å². The molecule has 0 spiro atoms. The van der Waals surface area contributed by atoms with Crippen molar-refractivity contribution in [3.63, 3.8) is 0 Å². The van der Waals surface area contributed by atoms with E-state index in [-0.39, 0.29) is 6.10 Å². The minimum Gasteiger partial charge on any atom is -0.389 e. The number of anilines is 1. The van der Waals surface area contributed by atoms with E-state index >= 15 is 0 Å². The predicted octanol–water partition coefficient (Wildman–Crippen LogP) is 2.68. The van der Waals surface area contributed by atoms with Crippen molar-refractivity contribution in [1.82, 2.24) is 0 Å². The lowest BCUT2D eigenvalue weighted by atomic mass is 9.99. The highest BCUT2D eigenvalue weighted by atomic mass is 16.3. The summed E-state index contributed by atoms with van der Waals surface area (Å²) in [5.41, 5.74) is 3.72. The second-order valence-corrected chi connectivity index (χ2v) is 4.40. The first-order valence-corrected chi connectivity index (χ1v) is 5.71. The molecule has 1 aliphatic rings. The zero-order chi connectivity index (χ0) is 11.0. The van der Waals surface area contributed by atoms with Crippen LogP contribution in [0.3, 0.4) is 0 Å². The molecule has 0 aliphatic carbocycles. The van der Waals surface area contributed by atoms with Crippen molar-refractivity contribution in [1.29, 1.82) is 0 Å². The number of benzene rings is 1. The highest BCUT2D eigenvalue weighted by Crippen LogP contribution is 2.40. The first kappa shape index (κ1) is 10.5. The molecular weight excluding hydrogens is 186 g/mol. The van der Waals surface area contributed by atoms with Crippen LogP contribution in [0.15, 0.2) is 18.2 Å². The number of aliphatic hydroxyl groups is 1. The standard InChI is InChI=1S/C13H19NO/c1-4-14-8-9(2)11-6-5-7-12(10(3)15)13(11)14/h5-7,9-10,15H,4,8H2,1-3H3. The predicted molar refractivity (Wildman–Crippen MR) is 63.4 cm³/mol. The molecule has 2 atom stereocenters. The summed E-state index contributed by atoms with van der Waals surface area (Å²) in [7, 11) is 0. The van der Waals surface area contributed by atoms with Gasteiger partial charge in [0.05, 0.1) is 6.10 Å². The number of nitrogens with zero attached hydrogens (tertiary/aromatic N) is 1. The fraction of sp³-hybridized carbons (Fsp3) is 0.538. The lowest BCUT2D eigenvalue weighted by Crippen LogP contribution is -2.21. The molecule has 0 amide bonds. The summed E-state index contributed by atoms with van der Waals surface area (Å²) >= 11 is 0. The molecule has 0 aromatic heterocycles. The maximum absolute atomic E-state index is 9.76.